The number of nitrogens with one attached hydrogen (secondary N) is 1. The van der Waals surface area contributed by atoms with Crippen molar-refractivity contribution in [3.05, 3.63) is 58.7 Å². The molecule has 1 N–H and O–H groups in total. The summed E-state index contributed by atoms with van der Waals surface area (Å²) in [5.41, 5.74) is 3.50. The number of carbonyl (C=O) groups excluding carboxylic acids is 1. The Bertz CT molecular complexity index is 999. The third-order valence-corrected chi connectivity index (χ3v) is 5.11. The van der Waals surface area contributed by atoms with E-state index in [4.69, 9.17) is 16.6 Å². The molecule has 0 atom stereocenters. The number of para-hydroxylation sites is 2. The van der Waals surface area contributed by atoms with Crippen molar-refractivity contribution in [2.24, 2.45) is 0 Å². The van der Waals surface area contributed by atoms with E-state index in [0.29, 0.717) is 27.7 Å². The molecule has 2 aromatic carbocycles. The molecular weight excluding hydrogens is 360 g/mol. The van der Waals surface area contributed by atoms with Crippen LogP contribution in [0, 0.1) is 6.92 Å². The number of amides is 1. The van der Waals surface area contributed by atoms with E-state index < -0.39 is 0 Å². The van der Waals surface area contributed by atoms with Gasteiger partial charge in [0.2, 0.25) is 0 Å². The van der Waals surface area contributed by atoms with Crippen molar-refractivity contribution >= 4 is 40.0 Å². The van der Waals surface area contributed by atoms with Crippen LogP contribution in [0.2, 0.25) is 5.02 Å². The van der Waals surface area contributed by atoms with Crippen LogP contribution in [-0.2, 0) is 0 Å². The van der Waals surface area contributed by atoms with Crippen LogP contribution in [0.4, 0.5) is 11.5 Å². The number of aromatic nitrogens is 2. The summed E-state index contributed by atoms with van der Waals surface area (Å²) in [4.78, 5) is 24.7. The molecule has 4 rings (SSSR count). The number of fused-ring (bicyclic) bond motifs is 1. The number of hydrogen-bond acceptors (Lipinski definition) is 4. The second kappa shape index (κ2) is 7.53. The van der Waals surface area contributed by atoms with Gasteiger partial charge in [0, 0.05) is 23.8 Å². The largest absolute Gasteiger partial charge is 0.355 e. The smallest absolute Gasteiger partial charge is 0.278 e. The molecule has 0 bridgehead atoms. The zero-order valence-electron chi connectivity index (χ0n) is 15.2. The first-order valence-electron chi connectivity index (χ1n) is 9.21. The van der Waals surface area contributed by atoms with Gasteiger partial charge >= 0.3 is 0 Å². The van der Waals surface area contributed by atoms with Gasteiger partial charge in [-0.05, 0) is 56.0 Å². The van der Waals surface area contributed by atoms with Crippen LogP contribution in [0.25, 0.3) is 11.0 Å². The maximum absolute atomic E-state index is 13.1. The average molecular weight is 381 g/mol. The van der Waals surface area contributed by atoms with E-state index >= 15 is 0 Å². The zero-order chi connectivity index (χ0) is 18.8. The lowest BCUT2D eigenvalue weighted by molar-refractivity contribution is 0.102. The minimum atomic E-state index is -0.265. The third kappa shape index (κ3) is 3.74. The number of carbonyl (C=O) groups is 1. The fourth-order valence-corrected chi connectivity index (χ4v) is 3.55. The minimum absolute atomic E-state index is 0.265. The number of nitrogens with zero attached hydrogens (tertiary/aromatic N) is 3. The normalized spacial score (nSPS) is 14.4. The quantitative estimate of drug-likeness (QED) is 0.706. The Hall–Kier alpha value is -2.66. The van der Waals surface area contributed by atoms with Gasteiger partial charge in [-0.2, -0.15) is 0 Å². The zero-order valence-corrected chi connectivity index (χ0v) is 16.0. The molecule has 0 unspecified atom stereocenters. The number of benzene rings is 2. The van der Waals surface area contributed by atoms with Crippen molar-refractivity contribution < 1.29 is 4.79 Å². The van der Waals surface area contributed by atoms with E-state index in [1.807, 2.05) is 43.3 Å². The van der Waals surface area contributed by atoms with Gasteiger partial charge in [0.25, 0.3) is 5.91 Å². The average Bonchev–Trinajstić information content (AvgIpc) is 2.70. The standard InChI is InChI=1S/C21H21ClN4O/c1-14-9-10-15(22)13-18(14)25-21(27)19-20(26-11-5-2-6-12-26)24-17-8-4-3-7-16(17)23-19/h3-4,7-10,13H,2,5-6,11-12H2,1H3,(H,25,27). The van der Waals surface area contributed by atoms with E-state index in [9.17, 15) is 4.79 Å². The van der Waals surface area contributed by atoms with Crippen molar-refractivity contribution in [2.45, 2.75) is 26.2 Å². The first-order chi connectivity index (χ1) is 13.1. The van der Waals surface area contributed by atoms with E-state index in [1.165, 1.54) is 6.42 Å². The van der Waals surface area contributed by atoms with Crippen LogP contribution in [0.1, 0.15) is 35.3 Å². The molecule has 138 valence electrons. The van der Waals surface area contributed by atoms with Crippen molar-refractivity contribution in [3.8, 4) is 0 Å². The molecule has 0 aliphatic carbocycles. The maximum atomic E-state index is 13.1. The molecule has 1 saturated heterocycles. The predicted molar refractivity (Wildman–Crippen MR) is 110 cm³/mol. The molecule has 1 aliphatic heterocycles. The molecule has 6 heteroatoms. The van der Waals surface area contributed by atoms with Crippen LogP contribution in [0.3, 0.4) is 0 Å². The molecule has 1 amide bonds. The maximum Gasteiger partial charge on any atom is 0.278 e. The van der Waals surface area contributed by atoms with Gasteiger partial charge in [-0.1, -0.05) is 29.8 Å². The van der Waals surface area contributed by atoms with E-state index in [-0.39, 0.29) is 5.91 Å². The summed E-state index contributed by atoms with van der Waals surface area (Å²) in [6.07, 6.45) is 3.41. The van der Waals surface area contributed by atoms with E-state index in [2.05, 4.69) is 15.2 Å². The third-order valence-electron chi connectivity index (χ3n) is 4.87. The molecule has 1 aliphatic rings. The van der Waals surface area contributed by atoms with Crippen molar-refractivity contribution in [1.82, 2.24) is 9.97 Å². The van der Waals surface area contributed by atoms with Crippen LogP contribution < -0.4 is 10.2 Å². The first kappa shape index (κ1) is 17.7. The predicted octanol–water partition coefficient (Wildman–Crippen LogP) is 4.83. The van der Waals surface area contributed by atoms with Crippen molar-refractivity contribution in [1.29, 1.82) is 0 Å². The van der Waals surface area contributed by atoms with Gasteiger partial charge in [0.15, 0.2) is 11.5 Å². The van der Waals surface area contributed by atoms with E-state index in [0.717, 1.165) is 37.0 Å². The van der Waals surface area contributed by atoms with Crippen molar-refractivity contribution in [2.75, 3.05) is 23.3 Å². The van der Waals surface area contributed by atoms with Gasteiger partial charge in [-0.3, -0.25) is 4.79 Å². The lowest BCUT2D eigenvalue weighted by Gasteiger charge is -2.29. The molecule has 1 fully saturated rings. The Labute approximate surface area is 163 Å². The summed E-state index contributed by atoms with van der Waals surface area (Å²) in [6.45, 7) is 3.72. The van der Waals surface area contributed by atoms with Gasteiger partial charge in [-0.15, -0.1) is 0 Å². The summed E-state index contributed by atoms with van der Waals surface area (Å²) < 4.78 is 0. The van der Waals surface area contributed by atoms with Gasteiger partial charge in [-0.25, -0.2) is 9.97 Å². The summed E-state index contributed by atoms with van der Waals surface area (Å²) in [5.74, 6) is 0.393. The Morgan fingerprint density at radius 3 is 2.48 bits per heavy atom. The topological polar surface area (TPSA) is 58.1 Å². The highest BCUT2D eigenvalue weighted by atomic mass is 35.5. The van der Waals surface area contributed by atoms with Gasteiger partial charge in [0.05, 0.1) is 11.0 Å². The second-order valence-electron chi connectivity index (χ2n) is 6.85. The highest BCUT2D eigenvalue weighted by molar-refractivity contribution is 6.31. The van der Waals surface area contributed by atoms with Crippen LogP contribution in [0.5, 0.6) is 0 Å². The number of halogens is 1. The number of piperidine rings is 1. The lowest BCUT2D eigenvalue weighted by Crippen LogP contribution is -2.33. The molecule has 2 heterocycles. The number of aryl methyl sites for hydroxylation is 1. The minimum Gasteiger partial charge on any atom is -0.355 e. The monoisotopic (exact) mass is 380 g/mol. The highest BCUT2D eigenvalue weighted by Crippen LogP contribution is 2.26. The van der Waals surface area contributed by atoms with Crippen LogP contribution in [-0.4, -0.2) is 29.0 Å². The number of anilines is 2. The molecular formula is C21H21ClN4O. The summed E-state index contributed by atoms with van der Waals surface area (Å²) in [6, 6.07) is 13.1. The Morgan fingerprint density at radius 2 is 1.74 bits per heavy atom. The second-order valence-corrected chi connectivity index (χ2v) is 7.28. The summed E-state index contributed by atoms with van der Waals surface area (Å²) >= 11 is 6.09. The number of rotatable bonds is 3. The highest BCUT2D eigenvalue weighted by Gasteiger charge is 2.23. The van der Waals surface area contributed by atoms with Gasteiger partial charge < -0.3 is 10.2 Å². The summed E-state index contributed by atoms with van der Waals surface area (Å²) in [5, 5.41) is 3.54. The molecule has 27 heavy (non-hydrogen) atoms. The Balaban J connectivity index is 1.76. The SMILES string of the molecule is Cc1ccc(Cl)cc1NC(=O)c1nc2ccccc2nc1N1CCCCC1. The number of hydrogen-bond donors (Lipinski definition) is 1. The Morgan fingerprint density at radius 1 is 1.04 bits per heavy atom. The molecule has 1 aromatic heterocycles. The first-order valence-corrected chi connectivity index (χ1v) is 9.59. The molecule has 0 saturated carbocycles. The lowest BCUT2D eigenvalue weighted by atomic mass is 10.1. The molecule has 3 aromatic rings. The van der Waals surface area contributed by atoms with Gasteiger partial charge in [0.1, 0.15) is 0 Å². The summed E-state index contributed by atoms with van der Waals surface area (Å²) in [7, 11) is 0. The van der Waals surface area contributed by atoms with E-state index in [1.54, 1.807) is 6.07 Å². The molecule has 5 nitrogen and oxygen atoms in total. The van der Waals surface area contributed by atoms with Crippen LogP contribution >= 0.6 is 11.6 Å². The van der Waals surface area contributed by atoms with Crippen LogP contribution in [0.15, 0.2) is 42.5 Å². The molecule has 0 spiro atoms. The Kier molecular flexibility index (Phi) is 4.94. The van der Waals surface area contributed by atoms with Crippen molar-refractivity contribution in [3.63, 3.8) is 0 Å². The molecule has 0 radical (unpaired) electrons. The fourth-order valence-electron chi connectivity index (χ4n) is 3.38. The fraction of sp³-hybridized carbons (Fsp3) is 0.286.